The molecule has 0 aliphatic carbocycles. The molecule has 2 N–H and O–H groups in total. The minimum atomic E-state index is -0.519. The van der Waals surface area contributed by atoms with Crippen molar-refractivity contribution in [3.05, 3.63) is 57.6 Å². The van der Waals surface area contributed by atoms with E-state index in [1.165, 1.54) is 13.2 Å². The van der Waals surface area contributed by atoms with Crippen molar-refractivity contribution in [3.8, 4) is 5.75 Å². The van der Waals surface area contributed by atoms with Crippen LogP contribution in [0, 0.1) is 0 Å². The van der Waals surface area contributed by atoms with E-state index in [1.807, 2.05) is 0 Å². The second kappa shape index (κ2) is 6.70. The highest BCUT2D eigenvalue weighted by Crippen LogP contribution is 2.28. The summed E-state index contributed by atoms with van der Waals surface area (Å²) in [6, 6.07) is 10.0. The first-order valence-corrected chi connectivity index (χ1v) is 6.82. The van der Waals surface area contributed by atoms with Gasteiger partial charge in [0.05, 0.1) is 17.2 Å². The number of nitrogens with two attached hydrogens (primary N) is 1. The molecule has 2 aromatic rings. The lowest BCUT2D eigenvalue weighted by Gasteiger charge is -2.12. The van der Waals surface area contributed by atoms with E-state index in [0.29, 0.717) is 21.5 Å². The Bertz CT molecular complexity index is 674. The van der Waals surface area contributed by atoms with Gasteiger partial charge in [0.25, 0.3) is 0 Å². The van der Waals surface area contributed by atoms with Crippen LogP contribution in [0.1, 0.15) is 15.9 Å². The van der Waals surface area contributed by atoms with Crippen molar-refractivity contribution in [3.63, 3.8) is 0 Å². The number of ether oxygens (including phenoxy) is 2. The minimum Gasteiger partial charge on any atom is -0.488 e. The highest BCUT2D eigenvalue weighted by molar-refractivity contribution is 6.42. The first-order valence-electron chi connectivity index (χ1n) is 6.06. The molecule has 0 atom stereocenters. The summed E-state index contributed by atoms with van der Waals surface area (Å²) in [6.07, 6.45) is 0. The summed E-state index contributed by atoms with van der Waals surface area (Å²) in [6.45, 7) is 0.174. The van der Waals surface area contributed by atoms with Crippen molar-refractivity contribution in [2.45, 2.75) is 6.61 Å². The van der Waals surface area contributed by atoms with Crippen molar-refractivity contribution in [1.29, 1.82) is 0 Å². The van der Waals surface area contributed by atoms with E-state index in [9.17, 15) is 4.79 Å². The first-order chi connectivity index (χ1) is 10.0. The number of benzene rings is 2. The summed E-state index contributed by atoms with van der Waals surface area (Å²) >= 11 is 12.0. The number of nitrogen functional groups attached to an aromatic ring is 1. The lowest BCUT2D eigenvalue weighted by atomic mass is 10.1. The number of carbonyl (C=O) groups is 1. The van der Waals surface area contributed by atoms with Gasteiger partial charge < -0.3 is 15.2 Å². The fraction of sp³-hybridized carbons (Fsp3) is 0.133. The van der Waals surface area contributed by atoms with Crippen molar-refractivity contribution in [2.75, 3.05) is 12.8 Å². The smallest absolute Gasteiger partial charge is 0.341 e. The zero-order chi connectivity index (χ0) is 15.4. The third kappa shape index (κ3) is 3.60. The van der Waals surface area contributed by atoms with Crippen molar-refractivity contribution in [2.24, 2.45) is 0 Å². The maximum Gasteiger partial charge on any atom is 0.341 e. The van der Waals surface area contributed by atoms with E-state index < -0.39 is 5.97 Å². The molecule has 0 saturated heterocycles. The third-order valence-corrected chi connectivity index (χ3v) is 3.68. The molecule has 0 aliphatic heterocycles. The van der Waals surface area contributed by atoms with E-state index >= 15 is 0 Å². The Hall–Kier alpha value is -1.91. The second-order valence-corrected chi connectivity index (χ2v) is 5.03. The molecule has 0 unspecified atom stereocenters. The SMILES string of the molecule is COC(=O)c1cc(N)ccc1OCc1cccc(Cl)c1Cl. The average Bonchev–Trinajstić information content (AvgIpc) is 2.49. The van der Waals surface area contributed by atoms with Crippen LogP contribution in [-0.2, 0) is 11.3 Å². The number of hydrogen-bond donors (Lipinski definition) is 1. The van der Waals surface area contributed by atoms with Gasteiger partial charge in [0.2, 0.25) is 0 Å². The molecule has 0 aromatic heterocycles. The monoisotopic (exact) mass is 325 g/mol. The summed E-state index contributed by atoms with van der Waals surface area (Å²) in [5.74, 6) is -0.151. The number of carbonyl (C=O) groups excluding carboxylic acids is 1. The number of anilines is 1. The van der Waals surface area contributed by atoms with Gasteiger partial charge >= 0.3 is 5.97 Å². The molecular weight excluding hydrogens is 313 g/mol. The largest absolute Gasteiger partial charge is 0.488 e. The van der Waals surface area contributed by atoms with Gasteiger partial charge in [-0.1, -0.05) is 35.3 Å². The summed E-state index contributed by atoms with van der Waals surface area (Å²) in [5.41, 5.74) is 7.10. The van der Waals surface area contributed by atoms with Crippen molar-refractivity contribution < 1.29 is 14.3 Å². The number of methoxy groups -OCH3 is 1. The zero-order valence-electron chi connectivity index (χ0n) is 11.2. The molecule has 2 aromatic carbocycles. The lowest BCUT2D eigenvalue weighted by molar-refractivity contribution is 0.0595. The van der Waals surface area contributed by atoms with Crippen LogP contribution in [-0.4, -0.2) is 13.1 Å². The van der Waals surface area contributed by atoms with Crippen LogP contribution in [0.5, 0.6) is 5.75 Å². The maximum atomic E-state index is 11.7. The van der Waals surface area contributed by atoms with Crippen LogP contribution in [0.3, 0.4) is 0 Å². The normalized spacial score (nSPS) is 10.2. The highest BCUT2D eigenvalue weighted by atomic mass is 35.5. The van der Waals surface area contributed by atoms with Crippen LogP contribution in [0.4, 0.5) is 5.69 Å². The van der Waals surface area contributed by atoms with Crippen molar-refractivity contribution >= 4 is 34.9 Å². The van der Waals surface area contributed by atoms with Gasteiger partial charge in [0.1, 0.15) is 17.9 Å². The Balaban J connectivity index is 2.24. The molecule has 0 amide bonds. The average molecular weight is 326 g/mol. The Labute approximate surface area is 132 Å². The highest BCUT2D eigenvalue weighted by Gasteiger charge is 2.14. The van der Waals surface area contributed by atoms with E-state index in [0.717, 1.165) is 5.56 Å². The number of hydrogen-bond acceptors (Lipinski definition) is 4. The molecule has 6 heteroatoms. The zero-order valence-corrected chi connectivity index (χ0v) is 12.7. The summed E-state index contributed by atoms with van der Waals surface area (Å²) in [7, 11) is 1.29. The molecule has 0 spiro atoms. The van der Waals surface area contributed by atoms with Gasteiger partial charge in [-0.2, -0.15) is 0 Å². The third-order valence-electron chi connectivity index (χ3n) is 2.82. The maximum absolute atomic E-state index is 11.7. The molecule has 21 heavy (non-hydrogen) atoms. The fourth-order valence-corrected chi connectivity index (χ4v) is 2.13. The summed E-state index contributed by atoms with van der Waals surface area (Å²) < 4.78 is 10.3. The number of halogens is 2. The van der Waals surface area contributed by atoms with Crippen LogP contribution < -0.4 is 10.5 Å². The standard InChI is InChI=1S/C15H13Cl2NO3/c1-20-15(19)11-7-10(18)5-6-13(11)21-8-9-3-2-4-12(16)14(9)17/h2-7H,8,18H2,1H3. The topological polar surface area (TPSA) is 61.5 Å². The Morgan fingerprint density at radius 2 is 2.00 bits per heavy atom. The molecule has 0 bridgehead atoms. The summed E-state index contributed by atoms with van der Waals surface area (Å²) in [4.78, 5) is 11.7. The molecule has 0 saturated carbocycles. The molecule has 0 radical (unpaired) electrons. The van der Waals surface area contributed by atoms with Crippen LogP contribution in [0.25, 0.3) is 0 Å². The van der Waals surface area contributed by atoms with Crippen LogP contribution >= 0.6 is 23.2 Å². The number of esters is 1. The Kier molecular flexibility index (Phi) is 4.94. The van der Waals surface area contributed by atoms with E-state index in [-0.39, 0.29) is 12.2 Å². The van der Waals surface area contributed by atoms with E-state index in [1.54, 1.807) is 30.3 Å². The lowest BCUT2D eigenvalue weighted by Crippen LogP contribution is -2.07. The first kappa shape index (κ1) is 15.5. The number of rotatable bonds is 4. The molecule has 110 valence electrons. The van der Waals surface area contributed by atoms with Crippen LogP contribution in [0.15, 0.2) is 36.4 Å². The van der Waals surface area contributed by atoms with Gasteiger partial charge in [-0.05, 0) is 24.3 Å². The van der Waals surface area contributed by atoms with Crippen molar-refractivity contribution in [1.82, 2.24) is 0 Å². The van der Waals surface area contributed by atoms with E-state index in [4.69, 9.17) is 38.4 Å². The molecule has 0 aliphatic rings. The van der Waals surface area contributed by atoms with Gasteiger partial charge in [-0.15, -0.1) is 0 Å². The summed E-state index contributed by atoms with van der Waals surface area (Å²) in [5, 5.41) is 0.873. The predicted octanol–water partition coefficient (Wildman–Crippen LogP) is 3.94. The minimum absolute atomic E-state index is 0.174. The van der Waals surface area contributed by atoms with Gasteiger partial charge in [-0.3, -0.25) is 0 Å². The van der Waals surface area contributed by atoms with Gasteiger partial charge in [0.15, 0.2) is 0 Å². The van der Waals surface area contributed by atoms with Crippen LogP contribution in [0.2, 0.25) is 10.0 Å². The fourth-order valence-electron chi connectivity index (χ4n) is 1.76. The quantitative estimate of drug-likeness (QED) is 0.683. The van der Waals surface area contributed by atoms with Gasteiger partial charge in [0, 0.05) is 11.3 Å². The molecule has 0 fully saturated rings. The second-order valence-electron chi connectivity index (χ2n) is 4.25. The predicted molar refractivity (Wildman–Crippen MR) is 83.0 cm³/mol. The Morgan fingerprint density at radius 1 is 1.24 bits per heavy atom. The molecule has 4 nitrogen and oxygen atoms in total. The van der Waals surface area contributed by atoms with E-state index in [2.05, 4.69) is 0 Å². The molecule has 0 heterocycles. The molecule has 2 rings (SSSR count). The molecular formula is C15H13Cl2NO3. The Morgan fingerprint density at radius 3 is 2.71 bits per heavy atom. The van der Waals surface area contributed by atoms with Gasteiger partial charge in [-0.25, -0.2) is 4.79 Å².